The molecule has 1 heterocycles. The molecule has 0 saturated heterocycles. The van der Waals surface area contributed by atoms with E-state index in [-0.39, 0.29) is 18.0 Å². The van der Waals surface area contributed by atoms with E-state index in [1.54, 1.807) is 24.4 Å². The third kappa shape index (κ3) is 5.16. The molecule has 1 aromatic carbocycles. The van der Waals surface area contributed by atoms with Crippen LogP contribution in [0.5, 0.6) is 0 Å². The molecule has 8 heteroatoms. The lowest BCUT2D eigenvalue weighted by Gasteiger charge is -2.16. The number of amides is 2. The lowest BCUT2D eigenvalue weighted by Crippen LogP contribution is -2.46. The first kappa shape index (κ1) is 19.7. The fourth-order valence-corrected chi connectivity index (χ4v) is 2.75. The molecule has 3 N–H and O–H groups in total. The molecule has 0 radical (unpaired) electrons. The van der Waals surface area contributed by atoms with Gasteiger partial charge in [-0.05, 0) is 30.5 Å². The zero-order chi connectivity index (χ0) is 19.3. The summed E-state index contributed by atoms with van der Waals surface area (Å²) in [6.45, 7) is 3.38. The quantitative estimate of drug-likeness (QED) is 0.685. The normalized spacial score (nSPS) is 12.0. The largest absolute Gasteiger partial charge is 0.480 e. The fraction of sp³-hybridized carbons (Fsp3) is 0.333. The van der Waals surface area contributed by atoms with Gasteiger partial charge in [0.1, 0.15) is 6.04 Å². The molecular formula is C18H20ClN3O4. The minimum absolute atomic E-state index is 0.106. The highest BCUT2D eigenvalue weighted by Gasteiger charge is 2.21. The van der Waals surface area contributed by atoms with Gasteiger partial charge in [-0.3, -0.25) is 14.6 Å². The summed E-state index contributed by atoms with van der Waals surface area (Å²) in [5.41, 5.74) is 0.718. The van der Waals surface area contributed by atoms with Gasteiger partial charge in [0.05, 0.1) is 17.6 Å². The second-order valence-electron chi connectivity index (χ2n) is 6.30. The smallest absolute Gasteiger partial charge is 0.326 e. The van der Waals surface area contributed by atoms with E-state index in [4.69, 9.17) is 16.7 Å². The van der Waals surface area contributed by atoms with E-state index in [9.17, 15) is 14.4 Å². The van der Waals surface area contributed by atoms with Crippen LogP contribution >= 0.6 is 11.6 Å². The first-order chi connectivity index (χ1) is 12.3. The number of carboxylic acid groups (broad SMARTS) is 1. The predicted molar refractivity (Wildman–Crippen MR) is 98.1 cm³/mol. The molecule has 7 nitrogen and oxygen atoms in total. The minimum Gasteiger partial charge on any atom is -0.480 e. The molecule has 1 atom stereocenters. The van der Waals surface area contributed by atoms with Crippen molar-refractivity contribution in [1.82, 2.24) is 15.6 Å². The molecule has 26 heavy (non-hydrogen) atoms. The SMILES string of the molecule is CC(C)C[C@H](NC(=O)CNC(=O)c1cc(Cl)cc2cccnc12)C(=O)O. The van der Waals surface area contributed by atoms with Crippen molar-refractivity contribution in [2.45, 2.75) is 26.3 Å². The van der Waals surface area contributed by atoms with E-state index in [1.807, 2.05) is 13.8 Å². The second-order valence-corrected chi connectivity index (χ2v) is 6.74. The van der Waals surface area contributed by atoms with Crippen LogP contribution in [-0.2, 0) is 9.59 Å². The van der Waals surface area contributed by atoms with Crippen LogP contribution in [0.3, 0.4) is 0 Å². The molecule has 0 aliphatic rings. The third-order valence-corrected chi connectivity index (χ3v) is 3.88. The number of hydrogen-bond donors (Lipinski definition) is 3. The van der Waals surface area contributed by atoms with Crippen molar-refractivity contribution in [2.24, 2.45) is 5.92 Å². The molecule has 2 aromatic rings. The van der Waals surface area contributed by atoms with E-state index in [2.05, 4.69) is 15.6 Å². The number of pyridine rings is 1. The number of carbonyl (C=O) groups is 3. The van der Waals surface area contributed by atoms with Gasteiger partial charge in [-0.1, -0.05) is 31.5 Å². The number of carbonyl (C=O) groups excluding carboxylic acids is 2. The van der Waals surface area contributed by atoms with Gasteiger partial charge in [0.2, 0.25) is 5.91 Å². The van der Waals surface area contributed by atoms with Gasteiger partial charge in [-0.25, -0.2) is 4.79 Å². The van der Waals surface area contributed by atoms with Crippen molar-refractivity contribution in [3.63, 3.8) is 0 Å². The van der Waals surface area contributed by atoms with E-state index >= 15 is 0 Å². The number of nitrogens with zero attached hydrogens (tertiary/aromatic N) is 1. The molecule has 0 aliphatic heterocycles. The van der Waals surface area contributed by atoms with Crippen LogP contribution in [0.25, 0.3) is 10.9 Å². The van der Waals surface area contributed by atoms with Crippen LogP contribution in [0.1, 0.15) is 30.6 Å². The maximum absolute atomic E-state index is 12.4. The lowest BCUT2D eigenvalue weighted by molar-refractivity contribution is -0.142. The summed E-state index contributed by atoms with van der Waals surface area (Å²) in [5, 5.41) is 15.1. The van der Waals surface area contributed by atoms with Gasteiger partial charge in [0.25, 0.3) is 5.91 Å². The highest BCUT2D eigenvalue weighted by molar-refractivity contribution is 6.32. The number of nitrogens with one attached hydrogen (secondary N) is 2. The lowest BCUT2D eigenvalue weighted by atomic mass is 10.0. The Morgan fingerprint density at radius 1 is 1.27 bits per heavy atom. The molecule has 0 fully saturated rings. The van der Waals surface area contributed by atoms with Gasteiger partial charge in [0, 0.05) is 16.6 Å². The zero-order valence-corrected chi connectivity index (χ0v) is 15.2. The Kier molecular flexibility index (Phi) is 6.52. The summed E-state index contributed by atoms with van der Waals surface area (Å²) in [4.78, 5) is 39.7. The summed E-state index contributed by atoms with van der Waals surface area (Å²) in [6.07, 6.45) is 1.86. The molecule has 0 spiro atoms. The zero-order valence-electron chi connectivity index (χ0n) is 14.5. The van der Waals surface area contributed by atoms with Gasteiger partial charge in [-0.2, -0.15) is 0 Å². The first-order valence-corrected chi connectivity index (χ1v) is 8.50. The van der Waals surface area contributed by atoms with Crippen LogP contribution in [0.2, 0.25) is 5.02 Å². The van der Waals surface area contributed by atoms with Gasteiger partial charge >= 0.3 is 5.97 Å². The Morgan fingerprint density at radius 2 is 2.00 bits per heavy atom. The van der Waals surface area contributed by atoms with Crippen LogP contribution in [-0.4, -0.2) is 40.5 Å². The van der Waals surface area contributed by atoms with Gasteiger partial charge in [-0.15, -0.1) is 0 Å². The van der Waals surface area contributed by atoms with E-state index in [1.165, 1.54) is 6.07 Å². The number of halogens is 1. The number of aromatic nitrogens is 1. The van der Waals surface area contributed by atoms with Crippen molar-refractivity contribution in [2.75, 3.05) is 6.54 Å². The number of fused-ring (bicyclic) bond motifs is 1. The van der Waals surface area contributed by atoms with Crippen LogP contribution in [0, 0.1) is 5.92 Å². The van der Waals surface area contributed by atoms with Crippen LogP contribution in [0.15, 0.2) is 30.5 Å². The Bertz CT molecular complexity index is 838. The second kappa shape index (κ2) is 8.62. The number of carboxylic acids is 1. The fourth-order valence-electron chi connectivity index (χ4n) is 2.52. The van der Waals surface area contributed by atoms with E-state index in [0.29, 0.717) is 22.3 Å². The molecular weight excluding hydrogens is 358 g/mol. The van der Waals surface area contributed by atoms with Gasteiger partial charge < -0.3 is 15.7 Å². The average Bonchev–Trinajstić information content (AvgIpc) is 2.57. The number of hydrogen-bond acceptors (Lipinski definition) is 4. The molecule has 0 bridgehead atoms. The van der Waals surface area contributed by atoms with E-state index < -0.39 is 23.8 Å². The van der Waals surface area contributed by atoms with Crippen LogP contribution in [0.4, 0.5) is 0 Å². The Hall–Kier alpha value is -2.67. The number of rotatable bonds is 7. The monoisotopic (exact) mass is 377 g/mol. The summed E-state index contributed by atoms with van der Waals surface area (Å²) in [6, 6.07) is 5.68. The first-order valence-electron chi connectivity index (χ1n) is 8.12. The minimum atomic E-state index is -1.11. The van der Waals surface area contributed by atoms with E-state index in [0.717, 1.165) is 0 Å². The molecule has 138 valence electrons. The Morgan fingerprint density at radius 3 is 2.65 bits per heavy atom. The van der Waals surface area contributed by atoms with Crippen molar-refractivity contribution < 1.29 is 19.5 Å². The molecule has 2 rings (SSSR count). The predicted octanol–water partition coefficient (Wildman–Crippen LogP) is 2.23. The highest BCUT2D eigenvalue weighted by atomic mass is 35.5. The standard InChI is InChI=1S/C18H20ClN3O4/c1-10(2)6-14(18(25)26)22-15(23)9-21-17(24)13-8-12(19)7-11-4-3-5-20-16(11)13/h3-5,7-8,10,14H,6,9H2,1-2H3,(H,21,24)(H,22,23)(H,25,26)/t14-/m0/s1. The highest BCUT2D eigenvalue weighted by Crippen LogP contribution is 2.22. The van der Waals surface area contributed by atoms with Gasteiger partial charge in [0.15, 0.2) is 0 Å². The Labute approximate surface area is 155 Å². The molecule has 0 unspecified atom stereocenters. The number of aliphatic carboxylic acids is 1. The van der Waals surface area contributed by atoms with Crippen LogP contribution < -0.4 is 10.6 Å². The van der Waals surface area contributed by atoms with Crippen molar-refractivity contribution >= 4 is 40.3 Å². The summed E-state index contributed by atoms with van der Waals surface area (Å²) in [5.74, 6) is -2.09. The molecule has 0 saturated carbocycles. The molecule has 1 aromatic heterocycles. The number of benzene rings is 1. The summed E-state index contributed by atoms with van der Waals surface area (Å²) < 4.78 is 0. The van der Waals surface area contributed by atoms with Crippen molar-refractivity contribution in [1.29, 1.82) is 0 Å². The third-order valence-electron chi connectivity index (χ3n) is 3.66. The maximum atomic E-state index is 12.4. The average molecular weight is 378 g/mol. The molecule has 0 aliphatic carbocycles. The molecule has 2 amide bonds. The van der Waals surface area contributed by atoms with Crippen molar-refractivity contribution in [3.8, 4) is 0 Å². The summed E-state index contributed by atoms with van der Waals surface area (Å²) >= 11 is 6.03. The Balaban J connectivity index is 2.04. The topological polar surface area (TPSA) is 108 Å². The maximum Gasteiger partial charge on any atom is 0.326 e. The summed E-state index contributed by atoms with van der Waals surface area (Å²) in [7, 11) is 0. The van der Waals surface area contributed by atoms with Crippen molar-refractivity contribution in [3.05, 3.63) is 41.0 Å².